The van der Waals surface area contributed by atoms with Crippen LogP contribution in [0.5, 0.6) is 29.0 Å². The summed E-state index contributed by atoms with van der Waals surface area (Å²) in [7, 11) is -0.177. The van der Waals surface area contributed by atoms with Gasteiger partial charge in [-0.05, 0) is 24.3 Å². The van der Waals surface area contributed by atoms with Gasteiger partial charge in [-0.15, -0.1) is 5.10 Å². The first kappa shape index (κ1) is 25.7. The Morgan fingerprint density at radius 2 is 1.70 bits per heavy atom. The highest BCUT2D eigenvalue weighted by atomic mass is 32.2. The van der Waals surface area contributed by atoms with Crippen molar-refractivity contribution in [2.75, 3.05) is 21.3 Å². The SMILES string of the molecule is COc1cccc(CN(C)S(=O)(=O)c2cc(-c3nnc(O)n3-c3ccccc3F)c(O)cc2O)c1OC. The van der Waals surface area contributed by atoms with E-state index < -0.39 is 38.2 Å². The molecule has 3 aromatic carbocycles. The minimum Gasteiger partial charge on any atom is -0.507 e. The fourth-order valence-electron chi connectivity index (χ4n) is 3.82. The van der Waals surface area contributed by atoms with E-state index in [9.17, 15) is 28.1 Å². The predicted molar refractivity (Wildman–Crippen MR) is 130 cm³/mol. The molecule has 0 saturated carbocycles. The average Bonchev–Trinajstić information content (AvgIpc) is 3.24. The Hall–Kier alpha value is -4.36. The van der Waals surface area contributed by atoms with Gasteiger partial charge in [0.25, 0.3) is 0 Å². The molecule has 4 rings (SSSR count). The lowest BCUT2D eigenvalue weighted by Crippen LogP contribution is -2.27. The molecule has 0 aliphatic heterocycles. The molecular formula is C24H23FN4O7S. The van der Waals surface area contributed by atoms with E-state index in [1.165, 1.54) is 39.5 Å². The molecule has 0 fully saturated rings. The van der Waals surface area contributed by atoms with Gasteiger partial charge in [-0.3, -0.25) is 0 Å². The quantitative estimate of drug-likeness (QED) is 0.313. The third-order valence-electron chi connectivity index (χ3n) is 5.62. The third kappa shape index (κ3) is 4.61. The van der Waals surface area contributed by atoms with Gasteiger partial charge in [-0.2, -0.15) is 4.31 Å². The number of halogens is 1. The number of nitrogens with zero attached hydrogens (tertiary/aromatic N) is 4. The van der Waals surface area contributed by atoms with Gasteiger partial charge in [0.2, 0.25) is 10.0 Å². The van der Waals surface area contributed by atoms with Crippen LogP contribution in [0.4, 0.5) is 4.39 Å². The fraction of sp³-hybridized carbons (Fsp3) is 0.167. The topological polar surface area (TPSA) is 147 Å². The number of benzene rings is 3. The van der Waals surface area contributed by atoms with Gasteiger partial charge in [0, 0.05) is 25.2 Å². The molecule has 0 aliphatic rings. The maximum Gasteiger partial charge on any atom is 0.319 e. The maximum absolute atomic E-state index is 14.5. The Kier molecular flexibility index (Phi) is 6.92. The van der Waals surface area contributed by atoms with Crippen LogP contribution in [-0.2, 0) is 16.6 Å². The van der Waals surface area contributed by atoms with E-state index in [2.05, 4.69) is 10.2 Å². The maximum atomic E-state index is 14.5. The molecule has 11 nitrogen and oxygen atoms in total. The highest BCUT2D eigenvalue weighted by molar-refractivity contribution is 7.89. The van der Waals surface area contributed by atoms with Crippen molar-refractivity contribution in [2.24, 2.45) is 0 Å². The van der Waals surface area contributed by atoms with Gasteiger partial charge in [-0.1, -0.05) is 29.4 Å². The van der Waals surface area contributed by atoms with E-state index in [1.54, 1.807) is 18.2 Å². The third-order valence-corrected chi connectivity index (χ3v) is 7.46. The lowest BCUT2D eigenvalue weighted by molar-refractivity contribution is 0.347. The smallest absolute Gasteiger partial charge is 0.319 e. The average molecular weight is 531 g/mol. The minimum atomic E-state index is -4.36. The number of para-hydroxylation sites is 2. The van der Waals surface area contributed by atoms with Crippen molar-refractivity contribution in [3.8, 4) is 46.1 Å². The van der Waals surface area contributed by atoms with Crippen molar-refractivity contribution in [2.45, 2.75) is 11.4 Å². The summed E-state index contributed by atoms with van der Waals surface area (Å²) in [6.45, 7) is -0.148. The van der Waals surface area contributed by atoms with Crippen LogP contribution in [0, 0.1) is 5.82 Å². The van der Waals surface area contributed by atoms with Crippen molar-refractivity contribution in [1.82, 2.24) is 19.1 Å². The summed E-state index contributed by atoms with van der Waals surface area (Å²) in [6.07, 6.45) is 0. The van der Waals surface area contributed by atoms with E-state index in [4.69, 9.17) is 9.47 Å². The zero-order valence-electron chi connectivity index (χ0n) is 20.0. The van der Waals surface area contributed by atoms with Crippen molar-refractivity contribution in [3.05, 3.63) is 66.0 Å². The molecule has 13 heteroatoms. The van der Waals surface area contributed by atoms with Crippen LogP contribution in [-0.4, -0.2) is 64.1 Å². The molecule has 0 unspecified atom stereocenters. The number of methoxy groups -OCH3 is 2. The Morgan fingerprint density at radius 3 is 2.38 bits per heavy atom. The first-order chi connectivity index (χ1) is 17.6. The normalized spacial score (nSPS) is 11.6. The second-order valence-electron chi connectivity index (χ2n) is 7.86. The molecular weight excluding hydrogens is 507 g/mol. The van der Waals surface area contributed by atoms with Crippen LogP contribution in [0.15, 0.2) is 59.5 Å². The minimum absolute atomic E-state index is 0.140. The molecule has 1 heterocycles. The highest BCUT2D eigenvalue weighted by Gasteiger charge is 2.29. The number of aromatic nitrogens is 3. The molecule has 4 aromatic rings. The number of rotatable bonds is 8. The van der Waals surface area contributed by atoms with Gasteiger partial charge in [0.05, 0.1) is 25.5 Å². The number of phenols is 2. The van der Waals surface area contributed by atoms with Crippen LogP contribution >= 0.6 is 0 Å². The predicted octanol–water partition coefficient (Wildman–Crippen LogP) is 3.03. The molecule has 0 aliphatic carbocycles. The van der Waals surface area contributed by atoms with Crippen molar-refractivity contribution in [3.63, 3.8) is 0 Å². The Bertz CT molecular complexity index is 1570. The van der Waals surface area contributed by atoms with E-state index in [0.717, 1.165) is 27.1 Å². The summed E-state index contributed by atoms with van der Waals surface area (Å²) < 4.78 is 53.9. The van der Waals surface area contributed by atoms with Crippen LogP contribution in [0.25, 0.3) is 17.1 Å². The number of ether oxygens (including phenoxy) is 2. The van der Waals surface area contributed by atoms with Crippen molar-refractivity contribution >= 4 is 10.0 Å². The number of hydrogen-bond acceptors (Lipinski definition) is 9. The van der Waals surface area contributed by atoms with E-state index in [-0.39, 0.29) is 23.6 Å². The van der Waals surface area contributed by atoms with Gasteiger partial charge >= 0.3 is 6.01 Å². The molecule has 3 N–H and O–H groups in total. The summed E-state index contributed by atoms with van der Waals surface area (Å²) in [5.41, 5.74) is 0.134. The fourth-order valence-corrected chi connectivity index (χ4v) is 5.05. The molecule has 194 valence electrons. The molecule has 0 saturated heterocycles. The Labute approximate surface area is 211 Å². The monoisotopic (exact) mass is 530 g/mol. The van der Waals surface area contributed by atoms with Crippen LogP contribution < -0.4 is 9.47 Å². The zero-order valence-corrected chi connectivity index (χ0v) is 20.8. The summed E-state index contributed by atoms with van der Waals surface area (Å²) in [6, 6.07) is 11.5. The summed E-state index contributed by atoms with van der Waals surface area (Å²) in [5.74, 6) is -1.53. The van der Waals surface area contributed by atoms with Crippen molar-refractivity contribution < 1.29 is 37.6 Å². The van der Waals surface area contributed by atoms with E-state index in [0.29, 0.717) is 17.1 Å². The molecule has 0 spiro atoms. The summed E-state index contributed by atoms with van der Waals surface area (Å²) in [4.78, 5) is -0.563. The molecule has 0 atom stereocenters. The molecule has 37 heavy (non-hydrogen) atoms. The number of hydrogen-bond donors (Lipinski definition) is 3. The van der Waals surface area contributed by atoms with Crippen molar-refractivity contribution in [1.29, 1.82) is 0 Å². The Morgan fingerprint density at radius 1 is 0.973 bits per heavy atom. The largest absolute Gasteiger partial charge is 0.507 e. The summed E-state index contributed by atoms with van der Waals surface area (Å²) >= 11 is 0. The molecule has 0 radical (unpaired) electrons. The number of aromatic hydroxyl groups is 3. The lowest BCUT2D eigenvalue weighted by Gasteiger charge is -2.21. The van der Waals surface area contributed by atoms with E-state index >= 15 is 0 Å². The first-order valence-electron chi connectivity index (χ1n) is 10.7. The van der Waals surface area contributed by atoms with Gasteiger partial charge in [-0.25, -0.2) is 17.4 Å². The highest BCUT2D eigenvalue weighted by Crippen LogP contribution is 2.40. The van der Waals surface area contributed by atoms with Gasteiger partial charge in [0.15, 0.2) is 17.3 Å². The molecule has 1 aromatic heterocycles. The molecule has 0 bridgehead atoms. The van der Waals surface area contributed by atoms with Crippen LogP contribution in [0.3, 0.4) is 0 Å². The second-order valence-corrected chi connectivity index (χ2v) is 9.87. The van der Waals surface area contributed by atoms with Crippen LogP contribution in [0.2, 0.25) is 0 Å². The molecule has 0 amide bonds. The summed E-state index contributed by atoms with van der Waals surface area (Å²) in [5, 5.41) is 38.6. The van der Waals surface area contributed by atoms with Gasteiger partial charge in [0.1, 0.15) is 22.2 Å². The first-order valence-corrected chi connectivity index (χ1v) is 12.2. The van der Waals surface area contributed by atoms with E-state index in [1.807, 2.05) is 0 Å². The second kappa shape index (κ2) is 9.95. The van der Waals surface area contributed by atoms with Gasteiger partial charge < -0.3 is 24.8 Å². The standard InChI is InChI=1S/C24H23FN4O7S/c1-28(13-14-7-6-10-20(35-2)22(14)36-3)37(33,34)21-11-15(18(30)12-19(21)31)23-26-27-24(32)29(23)17-9-5-4-8-16(17)25/h4-12,30-31H,13H2,1-3H3,(H,27,32). The zero-order chi connectivity index (χ0) is 26.9. The number of phenolic OH excluding ortho intramolecular Hbond substituents is 2. The Balaban J connectivity index is 1.80. The number of sulfonamides is 1. The van der Waals surface area contributed by atoms with Crippen LogP contribution in [0.1, 0.15) is 5.56 Å². The lowest BCUT2D eigenvalue weighted by atomic mass is 10.1.